The highest BCUT2D eigenvalue weighted by atomic mass is 16.3. The molecule has 6 nitrogen and oxygen atoms in total. The van der Waals surface area contributed by atoms with Crippen LogP contribution >= 0.6 is 0 Å². The monoisotopic (exact) mass is 336 g/mol. The van der Waals surface area contributed by atoms with Crippen LogP contribution in [0.3, 0.4) is 0 Å². The largest absolute Gasteiger partial charge is 0.380 e. The van der Waals surface area contributed by atoms with E-state index in [1.807, 2.05) is 0 Å². The first-order chi connectivity index (χ1) is 11.1. The van der Waals surface area contributed by atoms with Gasteiger partial charge in [0.2, 0.25) is 0 Å². The maximum Gasteiger partial charge on any atom is 0.251 e. The van der Waals surface area contributed by atoms with Crippen molar-refractivity contribution in [1.82, 2.24) is 5.32 Å². The van der Waals surface area contributed by atoms with Gasteiger partial charge in [0.1, 0.15) is 5.60 Å². The van der Waals surface area contributed by atoms with Crippen LogP contribution < -0.4 is 11.1 Å². The van der Waals surface area contributed by atoms with Crippen LogP contribution in [-0.4, -0.2) is 41.3 Å². The predicted molar refractivity (Wildman–Crippen MR) is 92.2 cm³/mol. The fourth-order valence-corrected chi connectivity index (χ4v) is 2.60. The number of carbonyl (C=O) groups is 3. The second-order valence-electron chi connectivity index (χ2n) is 6.54. The summed E-state index contributed by atoms with van der Waals surface area (Å²) in [5.74, 6) is -0.799. The summed E-state index contributed by atoms with van der Waals surface area (Å²) in [6, 6.07) is 0. The van der Waals surface area contributed by atoms with Crippen LogP contribution in [0.4, 0.5) is 0 Å². The highest BCUT2D eigenvalue weighted by molar-refractivity contribution is 6.24. The Bertz CT molecular complexity index is 600. The maximum absolute atomic E-state index is 12.4. The molecule has 0 heterocycles. The third-order valence-corrected chi connectivity index (χ3v) is 4.58. The number of hydrogen-bond acceptors (Lipinski definition) is 5. The molecule has 1 rings (SSSR count). The summed E-state index contributed by atoms with van der Waals surface area (Å²) in [5, 5.41) is 13.0. The van der Waals surface area contributed by atoms with E-state index in [4.69, 9.17) is 5.73 Å². The van der Waals surface area contributed by atoms with Crippen LogP contribution in [0.15, 0.2) is 22.3 Å². The number of unbranched alkanes of at least 4 members (excludes halogenated alkanes) is 1. The van der Waals surface area contributed by atoms with Gasteiger partial charge in [-0.3, -0.25) is 14.4 Å². The van der Waals surface area contributed by atoms with Crippen LogP contribution in [0, 0.1) is 0 Å². The number of amides is 1. The van der Waals surface area contributed by atoms with Gasteiger partial charge in [0.15, 0.2) is 11.6 Å². The summed E-state index contributed by atoms with van der Waals surface area (Å²) in [4.78, 5) is 36.6. The summed E-state index contributed by atoms with van der Waals surface area (Å²) < 4.78 is 0. The molecule has 0 fully saturated rings. The van der Waals surface area contributed by atoms with Gasteiger partial charge in [-0.1, -0.05) is 0 Å². The lowest BCUT2D eigenvalue weighted by molar-refractivity contribution is -0.138. The molecule has 0 radical (unpaired) electrons. The van der Waals surface area contributed by atoms with Crippen molar-refractivity contribution in [2.24, 2.45) is 5.73 Å². The number of carbonyl (C=O) groups excluding carboxylic acids is 3. The summed E-state index contributed by atoms with van der Waals surface area (Å²) in [5.41, 5.74) is 5.49. The van der Waals surface area contributed by atoms with E-state index in [1.165, 1.54) is 6.92 Å². The zero-order chi connectivity index (χ0) is 18.5. The second kappa shape index (κ2) is 8.35. The van der Waals surface area contributed by atoms with Gasteiger partial charge in [0.25, 0.3) is 5.91 Å². The highest BCUT2D eigenvalue weighted by Crippen LogP contribution is 2.28. The first kappa shape index (κ1) is 20.3. The molecule has 0 spiro atoms. The Hall–Kier alpha value is -1.79. The number of hydrogen-bond donors (Lipinski definition) is 3. The minimum atomic E-state index is -1.59. The Kier molecular flexibility index (Phi) is 7.05. The molecule has 6 heteroatoms. The molecule has 0 aromatic carbocycles. The molecule has 24 heavy (non-hydrogen) atoms. The Balaban J connectivity index is 2.71. The first-order valence-corrected chi connectivity index (χ1v) is 8.30. The van der Waals surface area contributed by atoms with Crippen molar-refractivity contribution < 1.29 is 19.5 Å². The zero-order valence-corrected chi connectivity index (χ0v) is 15.0. The van der Waals surface area contributed by atoms with Crippen molar-refractivity contribution in [2.75, 3.05) is 13.1 Å². The number of nitrogens with one attached hydrogen (secondary N) is 1. The summed E-state index contributed by atoms with van der Waals surface area (Å²) in [7, 11) is 0. The summed E-state index contributed by atoms with van der Waals surface area (Å²) in [6.07, 6.45) is 1.81. The molecule has 0 aromatic rings. The lowest BCUT2D eigenvalue weighted by atomic mass is 9.82. The molecule has 0 unspecified atom stereocenters. The number of ketones is 2. The van der Waals surface area contributed by atoms with Crippen molar-refractivity contribution in [3.8, 4) is 0 Å². The van der Waals surface area contributed by atoms with E-state index in [9.17, 15) is 19.5 Å². The van der Waals surface area contributed by atoms with Crippen LogP contribution in [0.2, 0.25) is 0 Å². The average molecular weight is 336 g/mol. The molecule has 1 amide bonds. The molecule has 0 aliphatic heterocycles. The van der Waals surface area contributed by atoms with Crippen LogP contribution in [0.5, 0.6) is 0 Å². The minimum absolute atomic E-state index is 0.0771. The molecule has 4 N–H and O–H groups in total. The smallest absolute Gasteiger partial charge is 0.251 e. The van der Waals surface area contributed by atoms with Gasteiger partial charge in [0, 0.05) is 28.8 Å². The Labute approximate surface area is 143 Å². The van der Waals surface area contributed by atoms with Gasteiger partial charge in [-0.25, -0.2) is 0 Å². The van der Waals surface area contributed by atoms with Crippen molar-refractivity contribution >= 4 is 17.5 Å². The Morgan fingerprint density at radius 3 is 2.25 bits per heavy atom. The van der Waals surface area contributed by atoms with Gasteiger partial charge < -0.3 is 16.2 Å². The lowest BCUT2D eigenvalue weighted by Crippen LogP contribution is -2.45. The van der Waals surface area contributed by atoms with E-state index in [2.05, 4.69) is 5.32 Å². The summed E-state index contributed by atoms with van der Waals surface area (Å²) in [6.45, 7) is 7.32. The molecule has 1 aliphatic rings. The van der Waals surface area contributed by atoms with Gasteiger partial charge in [-0.2, -0.15) is 0 Å². The maximum atomic E-state index is 12.4. The zero-order valence-electron chi connectivity index (χ0n) is 15.0. The highest BCUT2D eigenvalue weighted by Gasteiger charge is 2.33. The Morgan fingerprint density at radius 1 is 1.08 bits per heavy atom. The topological polar surface area (TPSA) is 109 Å². The molecular weight excluding hydrogens is 308 g/mol. The standard InChI is InChI=1S/C18H28N2O4/c1-11-12(2)16(22)14(13(3)15(11)21)7-8-18(4,24)17(23)20-10-6-5-9-19/h24H,5-10,19H2,1-4H3,(H,20,23)/t18-/m1/s1. The van der Waals surface area contributed by atoms with Gasteiger partial charge >= 0.3 is 0 Å². The molecule has 134 valence electrons. The van der Waals surface area contributed by atoms with Gasteiger partial charge in [-0.15, -0.1) is 0 Å². The third-order valence-electron chi connectivity index (χ3n) is 4.58. The van der Waals surface area contributed by atoms with E-state index in [0.717, 1.165) is 12.8 Å². The average Bonchev–Trinajstić information content (AvgIpc) is 2.54. The van der Waals surface area contributed by atoms with Gasteiger partial charge in [0.05, 0.1) is 0 Å². The molecule has 1 aliphatic carbocycles. The first-order valence-electron chi connectivity index (χ1n) is 8.30. The fraction of sp³-hybridized carbons (Fsp3) is 0.611. The van der Waals surface area contributed by atoms with Crippen molar-refractivity contribution in [3.05, 3.63) is 22.3 Å². The van der Waals surface area contributed by atoms with E-state index in [1.54, 1.807) is 20.8 Å². The SMILES string of the molecule is CC1=C(C)C(=O)C(CC[C@@](C)(O)C(=O)NCCCCN)=C(C)C1=O. The van der Waals surface area contributed by atoms with E-state index < -0.39 is 11.5 Å². The van der Waals surface area contributed by atoms with Gasteiger partial charge in [-0.05, 0) is 59.9 Å². The van der Waals surface area contributed by atoms with E-state index in [0.29, 0.717) is 35.4 Å². The molecule has 0 saturated heterocycles. The van der Waals surface area contributed by atoms with Crippen LogP contribution in [0.25, 0.3) is 0 Å². The Morgan fingerprint density at radius 2 is 1.67 bits per heavy atom. The van der Waals surface area contributed by atoms with Crippen LogP contribution in [0.1, 0.15) is 53.4 Å². The molecule has 0 bridgehead atoms. The quantitative estimate of drug-likeness (QED) is 0.455. The van der Waals surface area contributed by atoms with E-state index >= 15 is 0 Å². The number of allylic oxidation sites excluding steroid dienone is 4. The number of nitrogens with two attached hydrogens (primary N) is 1. The van der Waals surface area contributed by atoms with Crippen molar-refractivity contribution in [1.29, 1.82) is 0 Å². The third kappa shape index (κ3) is 4.61. The second-order valence-corrected chi connectivity index (χ2v) is 6.54. The normalized spacial score (nSPS) is 18.1. The molecular formula is C18H28N2O4. The lowest BCUT2D eigenvalue weighted by Gasteiger charge is -2.24. The molecule has 0 aromatic heterocycles. The van der Waals surface area contributed by atoms with E-state index in [-0.39, 0.29) is 24.4 Å². The fourth-order valence-electron chi connectivity index (χ4n) is 2.60. The van der Waals surface area contributed by atoms with Crippen LogP contribution in [-0.2, 0) is 14.4 Å². The predicted octanol–water partition coefficient (Wildman–Crippen LogP) is 1.18. The number of aliphatic hydroxyl groups is 1. The van der Waals surface area contributed by atoms with Crippen molar-refractivity contribution in [3.63, 3.8) is 0 Å². The number of rotatable bonds is 8. The number of Topliss-reactive ketones (excluding diaryl/α,β-unsaturated/α-hetero) is 2. The summed E-state index contributed by atoms with van der Waals surface area (Å²) >= 11 is 0. The minimum Gasteiger partial charge on any atom is -0.380 e. The molecule has 1 atom stereocenters. The van der Waals surface area contributed by atoms with Crippen molar-refractivity contribution in [2.45, 2.75) is 59.0 Å². The molecule has 0 saturated carbocycles.